The second-order valence-electron chi connectivity index (χ2n) is 5.79. The third-order valence-corrected chi connectivity index (χ3v) is 4.27. The van der Waals surface area contributed by atoms with Crippen LogP contribution in [0.4, 0.5) is 0 Å². The van der Waals surface area contributed by atoms with E-state index >= 15 is 0 Å². The molecule has 2 aromatic rings. The monoisotopic (exact) mass is 303 g/mol. The molecule has 3 heteroatoms. The summed E-state index contributed by atoms with van der Waals surface area (Å²) < 4.78 is 0. The molecule has 1 aliphatic rings. The Morgan fingerprint density at radius 3 is 2.52 bits per heavy atom. The summed E-state index contributed by atoms with van der Waals surface area (Å²) in [5, 5.41) is 10.5. The summed E-state index contributed by atoms with van der Waals surface area (Å²) in [7, 11) is 2.13. The van der Waals surface area contributed by atoms with Crippen molar-refractivity contribution in [2.24, 2.45) is 0 Å². The average molecular weight is 304 g/mol. The fraction of sp³-hybridized carbons (Fsp3) is 0.333. The van der Waals surface area contributed by atoms with Crippen molar-refractivity contribution in [3.8, 4) is 0 Å². The van der Waals surface area contributed by atoms with Crippen LogP contribution in [0.5, 0.6) is 0 Å². The lowest BCUT2D eigenvalue weighted by molar-refractivity contribution is 0.120. The highest BCUT2D eigenvalue weighted by atomic mass is 35.5. The third kappa shape index (κ3) is 3.29. The van der Waals surface area contributed by atoms with Crippen LogP contribution in [0.1, 0.15) is 40.8 Å². The van der Waals surface area contributed by atoms with Gasteiger partial charge in [0.05, 0.1) is 6.10 Å². The fourth-order valence-corrected chi connectivity index (χ4v) is 3.06. The number of aliphatic hydroxyl groups is 1. The lowest BCUT2D eigenvalue weighted by Gasteiger charge is -2.23. The maximum atomic E-state index is 10.5. The predicted molar refractivity (Wildman–Crippen MR) is 88.7 cm³/mol. The zero-order valence-corrected chi connectivity index (χ0v) is 13.3. The Balaban J connectivity index is 0.00000161. The van der Waals surface area contributed by atoms with Crippen molar-refractivity contribution in [3.63, 3.8) is 0 Å². The van der Waals surface area contributed by atoms with E-state index in [4.69, 9.17) is 0 Å². The number of benzene rings is 2. The van der Waals surface area contributed by atoms with E-state index in [1.165, 1.54) is 16.7 Å². The molecule has 0 amide bonds. The molecule has 1 N–H and O–H groups in total. The standard InChI is InChI=1S/C18H21NO.ClH/c1-13-7-9-14(10-8-13)18(20)11-17-16-6-4-3-5-15(16)12-19(17)2;/h3-10,17-18,20H,11-12H2,1-2H3;1H/t17-,18+;/m1./s1. The Bertz CT molecular complexity index is 596. The van der Waals surface area contributed by atoms with Gasteiger partial charge in [-0.1, -0.05) is 54.1 Å². The van der Waals surface area contributed by atoms with Gasteiger partial charge < -0.3 is 5.11 Å². The first-order chi connectivity index (χ1) is 9.65. The van der Waals surface area contributed by atoms with Gasteiger partial charge in [0.2, 0.25) is 0 Å². The van der Waals surface area contributed by atoms with Crippen molar-refractivity contribution in [1.29, 1.82) is 0 Å². The fourth-order valence-electron chi connectivity index (χ4n) is 3.06. The first-order valence-corrected chi connectivity index (χ1v) is 7.18. The molecular formula is C18H22ClNO. The van der Waals surface area contributed by atoms with Gasteiger partial charge in [-0.2, -0.15) is 0 Å². The number of hydrogen-bond donors (Lipinski definition) is 1. The molecule has 0 spiro atoms. The van der Waals surface area contributed by atoms with Crippen LogP contribution in [0.2, 0.25) is 0 Å². The van der Waals surface area contributed by atoms with Crippen molar-refractivity contribution in [3.05, 3.63) is 70.8 Å². The van der Waals surface area contributed by atoms with Crippen molar-refractivity contribution in [2.75, 3.05) is 7.05 Å². The summed E-state index contributed by atoms with van der Waals surface area (Å²) in [6, 6.07) is 17.0. The van der Waals surface area contributed by atoms with Gasteiger partial charge in [0.1, 0.15) is 0 Å². The number of aliphatic hydroxyl groups excluding tert-OH is 1. The summed E-state index contributed by atoms with van der Waals surface area (Å²) in [6.07, 6.45) is 0.338. The van der Waals surface area contributed by atoms with Gasteiger partial charge in [0.25, 0.3) is 0 Å². The van der Waals surface area contributed by atoms with Gasteiger partial charge in [0, 0.05) is 12.6 Å². The lowest BCUT2D eigenvalue weighted by atomic mass is 9.96. The summed E-state index contributed by atoms with van der Waals surface area (Å²) in [6.45, 7) is 3.04. The topological polar surface area (TPSA) is 23.5 Å². The second-order valence-corrected chi connectivity index (χ2v) is 5.79. The summed E-state index contributed by atoms with van der Waals surface area (Å²) in [4.78, 5) is 2.32. The van der Waals surface area contributed by atoms with E-state index in [-0.39, 0.29) is 12.4 Å². The van der Waals surface area contributed by atoms with Gasteiger partial charge >= 0.3 is 0 Å². The first-order valence-electron chi connectivity index (χ1n) is 7.18. The zero-order valence-electron chi connectivity index (χ0n) is 12.5. The van der Waals surface area contributed by atoms with Crippen molar-refractivity contribution in [1.82, 2.24) is 4.90 Å². The number of halogens is 1. The molecule has 0 bridgehead atoms. The molecule has 0 unspecified atom stereocenters. The molecule has 112 valence electrons. The van der Waals surface area contributed by atoms with Gasteiger partial charge in [0.15, 0.2) is 0 Å². The maximum absolute atomic E-state index is 10.5. The Morgan fingerprint density at radius 2 is 1.81 bits per heavy atom. The van der Waals surface area contributed by atoms with Gasteiger partial charge in [-0.15, -0.1) is 12.4 Å². The van der Waals surface area contributed by atoms with E-state index in [0.29, 0.717) is 6.04 Å². The second kappa shape index (κ2) is 6.61. The molecule has 2 nitrogen and oxygen atoms in total. The number of fused-ring (bicyclic) bond motifs is 1. The van der Waals surface area contributed by atoms with Crippen LogP contribution in [0, 0.1) is 6.92 Å². The smallest absolute Gasteiger partial charge is 0.0808 e. The van der Waals surface area contributed by atoms with Crippen LogP contribution in [-0.2, 0) is 6.54 Å². The summed E-state index contributed by atoms with van der Waals surface area (Å²) >= 11 is 0. The van der Waals surface area contributed by atoms with E-state index < -0.39 is 6.10 Å². The number of hydrogen-bond acceptors (Lipinski definition) is 2. The zero-order chi connectivity index (χ0) is 14.1. The molecule has 3 rings (SSSR count). The molecule has 0 aromatic heterocycles. The van der Waals surface area contributed by atoms with Crippen LogP contribution >= 0.6 is 12.4 Å². The van der Waals surface area contributed by atoms with E-state index in [0.717, 1.165) is 18.5 Å². The molecule has 0 saturated carbocycles. The van der Waals surface area contributed by atoms with Crippen LogP contribution in [-0.4, -0.2) is 17.1 Å². The third-order valence-electron chi connectivity index (χ3n) is 4.27. The number of rotatable bonds is 3. The molecule has 0 radical (unpaired) electrons. The Morgan fingerprint density at radius 1 is 1.14 bits per heavy atom. The molecule has 2 atom stereocenters. The Hall–Kier alpha value is -1.35. The highest BCUT2D eigenvalue weighted by Gasteiger charge is 2.29. The number of nitrogens with zero attached hydrogens (tertiary/aromatic N) is 1. The minimum atomic E-state index is -0.408. The minimum Gasteiger partial charge on any atom is -0.388 e. The van der Waals surface area contributed by atoms with E-state index in [2.05, 4.69) is 55.3 Å². The summed E-state index contributed by atoms with van der Waals surface area (Å²) in [5.74, 6) is 0. The van der Waals surface area contributed by atoms with Crippen LogP contribution < -0.4 is 0 Å². The van der Waals surface area contributed by atoms with Gasteiger partial charge in [-0.05, 0) is 37.1 Å². The van der Waals surface area contributed by atoms with Gasteiger partial charge in [-0.3, -0.25) is 4.90 Å². The van der Waals surface area contributed by atoms with Gasteiger partial charge in [-0.25, -0.2) is 0 Å². The van der Waals surface area contributed by atoms with Crippen molar-refractivity contribution < 1.29 is 5.11 Å². The molecule has 1 heterocycles. The van der Waals surface area contributed by atoms with Crippen molar-refractivity contribution in [2.45, 2.75) is 32.0 Å². The van der Waals surface area contributed by atoms with E-state index in [1.54, 1.807) is 0 Å². The molecule has 0 saturated heterocycles. The Kier molecular flexibility index (Phi) is 5.04. The lowest BCUT2D eigenvalue weighted by Crippen LogP contribution is -2.19. The molecule has 0 aliphatic carbocycles. The maximum Gasteiger partial charge on any atom is 0.0808 e. The molecule has 21 heavy (non-hydrogen) atoms. The minimum absolute atomic E-state index is 0. The van der Waals surface area contributed by atoms with E-state index in [1.807, 2.05) is 12.1 Å². The van der Waals surface area contributed by atoms with Crippen LogP contribution in [0.25, 0.3) is 0 Å². The predicted octanol–water partition coefficient (Wildman–Crippen LogP) is 4.03. The quantitative estimate of drug-likeness (QED) is 0.925. The van der Waals surface area contributed by atoms with Crippen molar-refractivity contribution >= 4 is 12.4 Å². The van der Waals surface area contributed by atoms with E-state index in [9.17, 15) is 5.11 Å². The molecule has 2 aromatic carbocycles. The average Bonchev–Trinajstić information content (AvgIpc) is 2.76. The highest BCUT2D eigenvalue weighted by Crippen LogP contribution is 2.38. The molecule has 0 fully saturated rings. The highest BCUT2D eigenvalue weighted by molar-refractivity contribution is 5.85. The van der Waals surface area contributed by atoms with Crippen LogP contribution in [0.15, 0.2) is 48.5 Å². The molecular weight excluding hydrogens is 282 g/mol. The molecule has 1 aliphatic heterocycles. The SMILES string of the molecule is Cc1ccc([C@@H](O)C[C@@H]2c3ccccc3CN2C)cc1.Cl. The first kappa shape index (κ1) is 16.0. The van der Waals surface area contributed by atoms with Crippen LogP contribution in [0.3, 0.4) is 0 Å². The normalized spacial score (nSPS) is 18.9. The number of aryl methyl sites for hydroxylation is 1. The summed E-state index contributed by atoms with van der Waals surface area (Å²) in [5.41, 5.74) is 4.98. The largest absolute Gasteiger partial charge is 0.388 e. The Labute approximate surface area is 132 Å².